The van der Waals surface area contributed by atoms with E-state index in [0.29, 0.717) is 11.5 Å². The molecule has 0 spiro atoms. The number of carbonyl (C=O) groups excluding carboxylic acids is 2. The van der Waals surface area contributed by atoms with E-state index in [0.717, 1.165) is 0 Å². The van der Waals surface area contributed by atoms with Crippen LogP contribution < -0.4 is 9.47 Å². The minimum absolute atomic E-state index is 0. The molecule has 2 rings (SSSR count). The molecule has 21 heavy (non-hydrogen) atoms. The van der Waals surface area contributed by atoms with E-state index in [1.54, 1.807) is 36.4 Å². The molecule has 0 aliphatic carbocycles. The van der Waals surface area contributed by atoms with Gasteiger partial charge in [0.2, 0.25) is 0 Å². The molecular formula is C16H15ClO4. The Balaban J connectivity index is 0.00000220. The molecule has 0 amide bonds. The fourth-order valence-electron chi connectivity index (χ4n) is 1.55. The Bertz CT molecular complexity index is 569. The van der Waals surface area contributed by atoms with Gasteiger partial charge in [0.1, 0.15) is 24.5 Å². The first-order valence-corrected chi connectivity index (χ1v) is 6.19. The lowest BCUT2D eigenvalue weighted by atomic mass is 10.3. The third-order valence-electron chi connectivity index (χ3n) is 2.46. The van der Waals surface area contributed by atoms with Crippen LogP contribution in [-0.4, -0.2) is 18.4 Å². The quantitative estimate of drug-likeness (QED) is 0.467. The predicted octanol–water partition coefficient (Wildman–Crippen LogP) is 3.05. The van der Waals surface area contributed by atoms with Gasteiger partial charge >= 0.3 is 5.97 Å². The lowest BCUT2D eigenvalue weighted by molar-refractivity contribution is -0.138. The molecule has 110 valence electrons. The van der Waals surface area contributed by atoms with Gasteiger partial charge in [-0.15, -0.1) is 12.4 Å². The molecule has 0 bridgehead atoms. The predicted molar refractivity (Wildman–Crippen MR) is 80.9 cm³/mol. The number of rotatable bonds is 6. The number of ketones is 1. The Morgan fingerprint density at radius 2 is 1.33 bits per heavy atom. The first-order valence-electron chi connectivity index (χ1n) is 6.19. The Hall–Kier alpha value is -2.33. The summed E-state index contributed by atoms with van der Waals surface area (Å²) in [6.45, 7) is -0.145. The van der Waals surface area contributed by atoms with Gasteiger partial charge in [-0.3, -0.25) is 9.59 Å². The minimum Gasteiger partial charge on any atom is -0.486 e. The van der Waals surface area contributed by atoms with Gasteiger partial charge in [-0.05, 0) is 24.3 Å². The summed E-state index contributed by atoms with van der Waals surface area (Å²) < 4.78 is 10.3. The van der Waals surface area contributed by atoms with Crippen LogP contribution in [0, 0.1) is 0 Å². The highest BCUT2D eigenvalue weighted by Crippen LogP contribution is 2.10. The van der Waals surface area contributed by atoms with Crippen LogP contribution in [0.4, 0.5) is 0 Å². The zero-order chi connectivity index (χ0) is 14.2. The van der Waals surface area contributed by atoms with Crippen molar-refractivity contribution in [2.45, 2.75) is 6.42 Å². The van der Waals surface area contributed by atoms with Gasteiger partial charge in [-0.2, -0.15) is 0 Å². The zero-order valence-electron chi connectivity index (χ0n) is 11.2. The van der Waals surface area contributed by atoms with Crippen molar-refractivity contribution in [3.05, 3.63) is 60.7 Å². The number of para-hydroxylation sites is 2. The Morgan fingerprint density at radius 3 is 1.90 bits per heavy atom. The van der Waals surface area contributed by atoms with E-state index in [2.05, 4.69) is 0 Å². The van der Waals surface area contributed by atoms with Gasteiger partial charge in [0.15, 0.2) is 5.78 Å². The van der Waals surface area contributed by atoms with E-state index in [9.17, 15) is 9.59 Å². The van der Waals surface area contributed by atoms with Gasteiger partial charge in [0.05, 0.1) is 0 Å². The van der Waals surface area contributed by atoms with Gasteiger partial charge in [-0.25, -0.2) is 0 Å². The van der Waals surface area contributed by atoms with Gasteiger partial charge in [-0.1, -0.05) is 36.4 Å². The molecule has 0 aliphatic rings. The molecule has 0 radical (unpaired) electrons. The summed E-state index contributed by atoms with van der Waals surface area (Å²) in [6.07, 6.45) is -0.304. The molecule has 0 aromatic heterocycles. The molecule has 0 aliphatic heterocycles. The number of hydrogen-bond donors (Lipinski definition) is 0. The number of hydrogen-bond acceptors (Lipinski definition) is 4. The van der Waals surface area contributed by atoms with Crippen molar-refractivity contribution >= 4 is 24.2 Å². The second kappa shape index (κ2) is 8.76. The lowest BCUT2D eigenvalue weighted by Gasteiger charge is -2.05. The van der Waals surface area contributed by atoms with Crippen LogP contribution in [0.1, 0.15) is 6.42 Å². The summed E-state index contributed by atoms with van der Waals surface area (Å²) in [6, 6.07) is 17.6. The molecule has 0 heterocycles. The van der Waals surface area contributed by atoms with Crippen LogP contribution in [0.3, 0.4) is 0 Å². The summed E-state index contributed by atoms with van der Waals surface area (Å²) >= 11 is 0. The molecule has 0 N–H and O–H groups in total. The maximum absolute atomic E-state index is 11.6. The highest BCUT2D eigenvalue weighted by Gasteiger charge is 2.12. The molecule has 0 saturated heterocycles. The Kier molecular flexibility index (Phi) is 6.98. The topological polar surface area (TPSA) is 52.6 Å². The maximum atomic E-state index is 11.6. The van der Waals surface area contributed by atoms with Gasteiger partial charge in [0.25, 0.3) is 0 Å². The molecule has 0 unspecified atom stereocenters. The van der Waals surface area contributed by atoms with Crippen molar-refractivity contribution in [3.8, 4) is 11.5 Å². The first-order chi connectivity index (χ1) is 9.74. The standard InChI is InChI=1S/C16H14O4.ClH/c17-13(12-19-14-7-3-1-4-8-14)11-16(18)20-15-9-5-2-6-10-15;/h1-10H,11-12H2;1H. The average molecular weight is 307 g/mol. The van der Waals surface area contributed by atoms with Crippen LogP contribution in [0.2, 0.25) is 0 Å². The lowest BCUT2D eigenvalue weighted by Crippen LogP contribution is -2.19. The number of Topliss-reactive ketones (excluding diaryl/α,β-unsaturated/α-hetero) is 1. The summed E-state index contributed by atoms with van der Waals surface area (Å²) in [5.74, 6) is 0.110. The summed E-state index contributed by atoms with van der Waals surface area (Å²) in [7, 11) is 0. The van der Waals surface area contributed by atoms with E-state index in [-0.39, 0.29) is 31.2 Å². The van der Waals surface area contributed by atoms with Crippen molar-refractivity contribution in [1.29, 1.82) is 0 Å². The van der Waals surface area contributed by atoms with Crippen LogP contribution in [0.5, 0.6) is 11.5 Å². The molecule has 2 aromatic rings. The summed E-state index contributed by atoms with van der Waals surface area (Å²) in [5.41, 5.74) is 0. The second-order valence-corrected chi connectivity index (χ2v) is 4.10. The van der Waals surface area contributed by atoms with Crippen molar-refractivity contribution in [1.82, 2.24) is 0 Å². The largest absolute Gasteiger partial charge is 0.486 e. The molecule has 2 aromatic carbocycles. The third kappa shape index (κ3) is 6.10. The smallest absolute Gasteiger partial charge is 0.318 e. The fourth-order valence-corrected chi connectivity index (χ4v) is 1.55. The highest BCUT2D eigenvalue weighted by molar-refractivity contribution is 5.97. The zero-order valence-corrected chi connectivity index (χ0v) is 12.0. The summed E-state index contributed by atoms with van der Waals surface area (Å²) in [5, 5.41) is 0. The number of benzene rings is 2. The fraction of sp³-hybridized carbons (Fsp3) is 0.125. The van der Waals surface area contributed by atoms with Crippen molar-refractivity contribution in [3.63, 3.8) is 0 Å². The molecule has 4 nitrogen and oxygen atoms in total. The SMILES string of the molecule is Cl.O=C(COc1ccccc1)CC(=O)Oc1ccccc1. The molecule has 0 fully saturated rings. The molecule has 0 saturated carbocycles. The van der Waals surface area contributed by atoms with Crippen molar-refractivity contribution in [2.75, 3.05) is 6.61 Å². The van der Waals surface area contributed by atoms with E-state index < -0.39 is 5.97 Å². The van der Waals surface area contributed by atoms with Crippen molar-refractivity contribution in [2.24, 2.45) is 0 Å². The van der Waals surface area contributed by atoms with E-state index in [1.165, 1.54) is 0 Å². The Morgan fingerprint density at radius 1 is 0.810 bits per heavy atom. The van der Waals surface area contributed by atoms with Crippen LogP contribution in [-0.2, 0) is 9.59 Å². The Labute approximate surface area is 129 Å². The minimum atomic E-state index is -0.585. The number of esters is 1. The maximum Gasteiger partial charge on any atom is 0.318 e. The highest BCUT2D eigenvalue weighted by atomic mass is 35.5. The van der Waals surface area contributed by atoms with E-state index in [4.69, 9.17) is 9.47 Å². The third-order valence-corrected chi connectivity index (χ3v) is 2.46. The number of carbonyl (C=O) groups is 2. The van der Waals surface area contributed by atoms with Crippen LogP contribution >= 0.6 is 12.4 Å². The molecule has 0 atom stereocenters. The number of halogens is 1. The van der Waals surface area contributed by atoms with Crippen LogP contribution in [0.15, 0.2) is 60.7 Å². The van der Waals surface area contributed by atoms with Crippen molar-refractivity contribution < 1.29 is 19.1 Å². The normalized spacial score (nSPS) is 9.33. The van der Waals surface area contributed by atoms with E-state index >= 15 is 0 Å². The van der Waals surface area contributed by atoms with Gasteiger partial charge in [0, 0.05) is 0 Å². The second-order valence-electron chi connectivity index (χ2n) is 4.10. The van der Waals surface area contributed by atoms with Gasteiger partial charge < -0.3 is 9.47 Å². The average Bonchev–Trinajstić information content (AvgIpc) is 2.47. The van der Waals surface area contributed by atoms with E-state index in [1.807, 2.05) is 24.3 Å². The first kappa shape index (κ1) is 16.7. The van der Waals surface area contributed by atoms with Crippen LogP contribution in [0.25, 0.3) is 0 Å². The monoisotopic (exact) mass is 306 g/mol. The number of ether oxygens (including phenoxy) is 2. The molecular weight excluding hydrogens is 292 g/mol. The summed E-state index contributed by atoms with van der Waals surface area (Å²) in [4.78, 5) is 23.1. The molecule has 5 heteroatoms.